The Morgan fingerprint density at radius 2 is 1.72 bits per heavy atom. The smallest absolute Gasteiger partial charge is 0.407 e. The number of fused-ring (bicyclic) bond motifs is 3. The van der Waals surface area contributed by atoms with Crippen molar-refractivity contribution in [3.05, 3.63) is 59.7 Å². The fraction of sp³-hybridized carbons (Fsp3) is 0.375. The number of aliphatic carboxylic acids is 1. The number of carboxylic acids is 1. The topological polar surface area (TPSA) is 105 Å². The van der Waals surface area contributed by atoms with Crippen molar-refractivity contribution in [1.82, 2.24) is 10.2 Å². The fourth-order valence-corrected chi connectivity index (χ4v) is 4.33. The molecule has 1 aliphatic carbocycles. The lowest BCUT2D eigenvalue weighted by atomic mass is 9.98. The molecule has 3 unspecified atom stereocenters. The van der Waals surface area contributed by atoms with E-state index in [-0.39, 0.29) is 12.5 Å². The Hall–Kier alpha value is -3.39. The van der Waals surface area contributed by atoms with E-state index in [0.717, 1.165) is 27.2 Å². The normalized spacial score (nSPS) is 20.2. The van der Waals surface area contributed by atoms with Gasteiger partial charge in [0, 0.05) is 19.6 Å². The van der Waals surface area contributed by atoms with E-state index >= 15 is 0 Å². The minimum absolute atomic E-state index is 0.0621. The highest BCUT2D eigenvalue weighted by Crippen LogP contribution is 2.44. The summed E-state index contributed by atoms with van der Waals surface area (Å²) in [6, 6.07) is 14.6. The standard InChI is InChI=1S/C24H26N2O6/c1-14(23(28)29)26(2)22(27)21-20(11-12-31-21)25-24(30)32-13-19-17-9-5-3-7-15(17)16-8-4-6-10-18(16)19/h3-10,14,19-21H,11-13H2,1-2H3,(H,25,30)(H,28,29). The van der Waals surface area contributed by atoms with E-state index in [0.29, 0.717) is 13.0 Å². The molecule has 0 saturated carbocycles. The second kappa shape index (κ2) is 9.00. The highest BCUT2D eigenvalue weighted by atomic mass is 16.6. The first kappa shape index (κ1) is 21.8. The number of carbonyl (C=O) groups is 3. The lowest BCUT2D eigenvalue weighted by Gasteiger charge is -2.27. The summed E-state index contributed by atoms with van der Waals surface area (Å²) in [6.45, 7) is 1.88. The number of hydrogen-bond donors (Lipinski definition) is 2. The molecule has 2 amide bonds. The molecule has 1 fully saturated rings. The van der Waals surface area contributed by atoms with Crippen molar-refractivity contribution >= 4 is 18.0 Å². The van der Waals surface area contributed by atoms with Crippen molar-refractivity contribution in [3.63, 3.8) is 0 Å². The zero-order valence-electron chi connectivity index (χ0n) is 18.0. The quantitative estimate of drug-likeness (QED) is 0.718. The van der Waals surface area contributed by atoms with Crippen LogP contribution in [0.2, 0.25) is 0 Å². The van der Waals surface area contributed by atoms with E-state index in [1.807, 2.05) is 36.4 Å². The molecule has 0 bridgehead atoms. The van der Waals surface area contributed by atoms with Crippen LogP contribution in [0.3, 0.4) is 0 Å². The van der Waals surface area contributed by atoms with Gasteiger partial charge in [0.1, 0.15) is 12.6 Å². The van der Waals surface area contributed by atoms with Crippen molar-refractivity contribution in [2.24, 2.45) is 0 Å². The summed E-state index contributed by atoms with van der Waals surface area (Å²) in [5, 5.41) is 11.9. The molecule has 8 heteroatoms. The number of likely N-dealkylation sites (N-methyl/N-ethyl adjacent to an activating group) is 1. The average molecular weight is 438 g/mol. The van der Waals surface area contributed by atoms with Crippen LogP contribution >= 0.6 is 0 Å². The van der Waals surface area contributed by atoms with Gasteiger partial charge in [0.15, 0.2) is 6.10 Å². The molecule has 1 aliphatic heterocycles. The van der Waals surface area contributed by atoms with Gasteiger partial charge in [0.2, 0.25) is 0 Å². The molecule has 2 N–H and O–H groups in total. The van der Waals surface area contributed by atoms with E-state index in [4.69, 9.17) is 14.6 Å². The number of alkyl carbamates (subject to hydrolysis) is 1. The van der Waals surface area contributed by atoms with Gasteiger partial charge in [-0.3, -0.25) is 4.79 Å². The van der Waals surface area contributed by atoms with E-state index in [1.54, 1.807) is 0 Å². The van der Waals surface area contributed by atoms with Crippen molar-refractivity contribution in [2.45, 2.75) is 37.5 Å². The summed E-state index contributed by atoms with van der Waals surface area (Å²) >= 11 is 0. The van der Waals surface area contributed by atoms with Crippen LogP contribution in [0.4, 0.5) is 4.79 Å². The number of benzene rings is 2. The number of ether oxygens (including phenoxy) is 2. The zero-order chi connectivity index (χ0) is 22.8. The molecule has 4 rings (SSSR count). The molecule has 1 saturated heterocycles. The SMILES string of the molecule is CC(C(=O)O)N(C)C(=O)C1OCCC1NC(=O)OCC1c2ccccc2-c2ccccc21. The monoisotopic (exact) mass is 438 g/mol. The molecular weight excluding hydrogens is 412 g/mol. The third-order valence-electron chi connectivity index (χ3n) is 6.27. The van der Waals surface area contributed by atoms with Crippen LogP contribution in [-0.2, 0) is 19.1 Å². The van der Waals surface area contributed by atoms with Crippen LogP contribution < -0.4 is 5.32 Å². The zero-order valence-corrected chi connectivity index (χ0v) is 18.0. The number of hydrogen-bond acceptors (Lipinski definition) is 5. The van der Waals surface area contributed by atoms with Gasteiger partial charge in [0.25, 0.3) is 5.91 Å². The molecule has 3 atom stereocenters. The third kappa shape index (κ3) is 4.05. The van der Waals surface area contributed by atoms with E-state index in [9.17, 15) is 14.4 Å². The second-order valence-corrected chi connectivity index (χ2v) is 8.12. The summed E-state index contributed by atoms with van der Waals surface area (Å²) in [5.41, 5.74) is 4.51. The van der Waals surface area contributed by atoms with Crippen molar-refractivity contribution in [1.29, 1.82) is 0 Å². The summed E-state index contributed by atoms with van der Waals surface area (Å²) < 4.78 is 11.0. The van der Waals surface area contributed by atoms with Gasteiger partial charge in [-0.25, -0.2) is 9.59 Å². The maximum Gasteiger partial charge on any atom is 0.407 e. The first-order chi connectivity index (χ1) is 15.4. The molecule has 2 aromatic carbocycles. The van der Waals surface area contributed by atoms with Crippen molar-refractivity contribution < 1.29 is 29.0 Å². The van der Waals surface area contributed by atoms with E-state index in [1.165, 1.54) is 14.0 Å². The second-order valence-electron chi connectivity index (χ2n) is 8.12. The van der Waals surface area contributed by atoms with Crippen LogP contribution in [0.5, 0.6) is 0 Å². The van der Waals surface area contributed by atoms with Gasteiger partial charge in [-0.2, -0.15) is 0 Å². The summed E-state index contributed by atoms with van der Waals surface area (Å²) in [5.74, 6) is -1.66. The van der Waals surface area contributed by atoms with Crippen LogP contribution in [0, 0.1) is 0 Å². The molecule has 0 aromatic heterocycles. The number of rotatable bonds is 6. The van der Waals surface area contributed by atoms with Gasteiger partial charge in [0.05, 0.1) is 6.04 Å². The van der Waals surface area contributed by atoms with Gasteiger partial charge >= 0.3 is 12.1 Å². The Morgan fingerprint density at radius 3 is 2.31 bits per heavy atom. The van der Waals surface area contributed by atoms with Gasteiger partial charge in [-0.05, 0) is 35.6 Å². The predicted octanol–water partition coefficient (Wildman–Crippen LogP) is 2.61. The highest BCUT2D eigenvalue weighted by Gasteiger charge is 2.39. The first-order valence-electron chi connectivity index (χ1n) is 10.6. The summed E-state index contributed by atoms with van der Waals surface area (Å²) in [6.07, 6.45) is -1.13. The molecule has 2 aromatic rings. The van der Waals surface area contributed by atoms with E-state index in [2.05, 4.69) is 17.4 Å². The molecule has 1 heterocycles. The number of carboxylic acid groups (broad SMARTS) is 1. The molecule has 8 nitrogen and oxygen atoms in total. The van der Waals surface area contributed by atoms with Crippen LogP contribution in [0.15, 0.2) is 48.5 Å². The number of nitrogens with zero attached hydrogens (tertiary/aromatic N) is 1. The summed E-state index contributed by atoms with van der Waals surface area (Å²) in [7, 11) is 1.41. The molecule has 0 radical (unpaired) electrons. The van der Waals surface area contributed by atoms with E-state index < -0.39 is 36.2 Å². The Bertz CT molecular complexity index is 993. The minimum Gasteiger partial charge on any atom is -0.480 e. The number of amides is 2. The molecule has 0 spiro atoms. The van der Waals surface area contributed by atoms with Crippen LogP contribution in [-0.4, -0.2) is 66.4 Å². The lowest BCUT2D eigenvalue weighted by molar-refractivity contribution is -0.152. The average Bonchev–Trinajstić information content (AvgIpc) is 3.38. The summed E-state index contributed by atoms with van der Waals surface area (Å²) in [4.78, 5) is 37.5. The Kier molecular flexibility index (Phi) is 6.14. The molecule has 32 heavy (non-hydrogen) atoms. The Labute approximate surface area is 186 Å². The Balaban J connectivity index is 1.39. The predicted molar refractivity (Wildman–Crippen MR) is 116 cm³/mol. The Morgan fingerprint density at radius 1 is 1.12 bits per heavy atom. The minimum atomic E-state index is -1.11. The highest BCUT2D eigenvalue weighted by molar-refractivity contribution is 5.87. The maximum atomic E-state index is 12.7. The number of carbonyl (C=O) groups excluding carboxylic acids is 2. The third-order valence-corrected chi connectivity index (χ3v) is 6.27. The van der Waals surface area contributed by atoms with Crippen LogP contribution in [0.1, 0.15) is 30.4 Å². The van der Waals surface area contributed by atoms with Gasteiger partial charge in [-0.15, -0.1) is 0 Å². The maximum absolute atomic E-state index is 12.7. The van der Waals surface area contributed by atoms with Gasteiger partial charge in [-0.1, -0.05) is 48.5 Å². The number of nitrogens with one attached hydrogen (secondary N) is 1. The van der Waals surface area contributed by atoms with Crippen molar-refractivity contribution in [2.75, 3.05) is 20.3 Å². The molecular formula is C24H26N2O6. The van der Waals surface area contributed by atoms with Crippen molar-refractivity contribution in [3.8, 4) is 11.1 Å². The lowest BCUT2D eigenvalue weighted by Crippen LogP contribution is -2.52. The molecule has 2 aliphatic rings. The van der Waals surface area contributed by atoms with Gasteiger partial charge < -0.3 is 24.8 Å². The van der Waals surface area contributed by atoms with Crippen LogP contribution in [0.25, 0.3) is 11.1 Å². The largest absolute Gasteiger partial charge is 0.480 e. The first-order valence-corrected chi connectivity index (χ1v) is 10.6. The fourth-order valence-electron chi connectivity index (χ4n) is 4.33. The molecule has 168 valence electrons.